The number of aryl methyl sites for hydroxylation is 1. The highest BCUT2D eigenvalue weighted by molar-refractivity contribution is 5.83. The van der Waals surface area contributed by atoms with Crippen molar-refractivity contribution in [1.82, 2.24) is 0 Å². The van der Waals surface area contributed by atoms with E-state index in [2.05, 4.69) is 78.6 Å². The van der Waals surface area contributed by atoms with Crippen LogP contribution in [0.3, 0.4) is 0 Å². The van der Waals surface area contributed by atoms with E-state index in [1.807, 2.05) is 30.3 Å². The number of ether oxygens (including phenoxy) is 1. The standard InChI is InChI=1S/C26H24N2O/c1-19-8-6-7-11-24(19)28(23-9-4-3-5-10-23)25-17-14-21(18-26(25)29-2)20-12-15-22(27)16-13-20/h3-18H,27H2,1-2H3. The first kappa shape index (κ1) is 18.6. The largest absolute Gasteiger partial charge is 0.495 e. The first-order valence-corrected chi connectivity index (χ1v) is 9.62. The fourth-order valence-corrected chi connectivity index (χ4v) is 3.52. The zero-order chi connectivity index (χ0) is 20.2. The van der Waals surface area contributed by atoms with Gasteiger partial charge in [0.15, 0.2) is 0 Å². The molecular formula is C26H24N2O. The van der Waals surface area contributed by atoms with Crippen molar-refractivity contribution in [2.45, 2.75) is 6.92 Å². The van der Waals surface area contributed by atoms with Crippen molar-refractivity contribution in [3.05, 3.63) is 103 Å². The van der Waals surface area contributed by atoms with Gasteiger partial charge in [-0.1, -0.05) is 54.6 Å². The Hall–Kier alpha value is -3.72. The molecule has 4 aromatic rings. The van der Waals surface area contributed by atoms with Crippen LogP contribution in [0.25, 0.3) is 11.1 Å². The third-order valence-electron chi connectivity index (χ3n) is 5.04. The molecule has 0 spiro atoms. The molecule has 0 aromatic heterocycles. The molecule has 2 N–H and O–H groups in total. The molecule has 3 heteroatoms. The first-order valence-electron chi connectivity index (χ1n) is 9.62. The van der Waals surface area contributed by atoms with E-state index in [1.165, 1.54) is 5.56 Å². The number of nitrogens with zero attached hydrogens (tertiary/aromatic N) is 1. The predicted molar refractivity (Wildman–Crippen MR) is 122 cm³/mol. The number of nitrogen functional groups attached to an aromatic ring is 1. The monoisotopic (exact) mass is 380 g/mol. The van der Waals surface area contributed by atoms with Gasteiger partial charge in [0.25, 0.3) is 0 Å². The van der Waals surface area contributed by atoms with Crippen LogP contribution in [0.2, 0.25) is 0 Å². The number of rotatable bonds is 5. The van der Waals surface area contributed by atoms with Crippen molar-refractivity contribution in [3.8, 4) is 16.9 Å². The van der Waals surface area contributed by atoms with E-state index in [4.69, 9.17) is 10.5 Å². The van der Waals surface area contributed by atoms with Crippen LogP contribution in [0, 0.1) is 6.92 Å². The van der Waals surface area contributed by atoms with E-state index < -0.39 is 0 Å². The summed E-state index contributed by atoms with van der Waals surface area (Å²) in [4.78, 5) is 2.24. The van der Waals surface area contributed by atoms with Crippen LogP contribution in [0.1, 0.15) is 5.56 Å². The Kier molecular flexibility index (Phi) is 5.21. The maximum atomic E-state index is 5.84. The fraction of sp³-hybridized carbons (Fsp3) is 0.0769. The Morgan fingerprint density at radius 1 is 0.690 bits per heavy atom. The predicted octanol–water partition coefficient (Wildman–Crippen LogP) is 6.72. The van der Waals surface area contributed by atoms with Gasteiger partial charge in [-0.25, -0.2) is 0 Å². The number of hydrogen-bond donors (Lipinski definition) is 1. The SMILES string of the molecule is COc1cc(-c2ccc(N)cc2)ccc1N(c1ccccc1)c1ccccc1C. The number of methoxy groups -OCH3 is 1. The van der Waals surface area contributed by atoms with Crippen LogP contribution in [0.4, 0.5) is 22.7 Å². The number of hydrogen-bond acceptors (Lipinski definition) is 3. The Bertz CT molecular complexity index is 1110. The van der Waals surface area contributed by atoms with E-state index in [-0.39, 0.29) is 0 Å². The first-order chi connectivity index (χ1) is 14.2. The van der Waals surface area contributed by atoms with Crippen molar-refractivity contribution in [1.29, 1.82) is 0 Å². The minimum absolute atomic E-state index is 0.757. The van der Waals surface area contributed by atoms with Gasteiger partial charge in [0.05, 0.1) is 12.8 Å². The third kappa shape index (κ3) is 3.81. The second-order valence-electron chi connectivity index (χ2n) is 6.97. The van der Waals surface area contributed by atoms with Crippen LogP contribution in [0.5, 0.6) is 5.75 Å². The maximum Gasteiger partial charge on any atom is 0.143 e. The second kappa shape index (κ2) is 8.11. The summed E-state index contributed by atoms with van der Waals surface area (Å²) in [7, 11) is 1.71. The smallest absolute Gasteiger partial charge is 0.143 e. The Morgan fingerprint density at radius 3 is 2.03 bits per heavy atom. The molecule has 0 fully saturated rings. The summed E-state index contributed by atoms with van der Waals surface area (Å²) in [6.07, 6.45) is 0. The molecule has 0 saturated carbocycles. The lowest BCUT2D eigenvalue weighted by Crippen LogP contribution is -2.12. The van der Waals surface area contributed by atoms with Gasteiger partial charge in [0, 0.05) is 17.1 Å². The summed E-state index contributed by atoms with van der Waals surface area (Å²) in [5.41, 5.74) is 13.2. The number of nitrogens with two attached hydrogens (primary N) is 1. The molecule has 3 nitrogen and oxygen atoms in total. The Morgan fingerprint density at radius 2 is 1.34 bits per heavy atom. The number of benzene rings is 4. The minimum Gasteiger partial charge on any atom is -0.495 e. The lowest BCUT2D eigenvalue weighted by Gasteiger charge is -2.28. The van der Waals surface area contributed by atoms with Crippen molar-refractivity contribution < 1.29 is 4.74 Å². The number of para-hydroxylation sites is 2. The highest BCUT2D eigenvalue weighted by atomic mass is 16.5. The van der Waals surface area contributed by atoms with Gasteiger partial charge in [-0.2, -0.15) is 0 Å². The van der Waals surface area contributed by atoms with Crippen molar-refractivity contribution in [2.24, 2.45) is 0 Å². The highest BCUT2D eigenvalue weighted by Crippen LogP contribution is 2.42. The van der Waals surface area contributed by atoms with E-state index in [9.17, 15) is 0 Å². The van der Waals surface area contributed by atoms with Gasteiger partial charge in [-0.05, 0) is 66.1 Å². The summed E-state index contributed by atoms with van der Waals surface area (Å²) in [6.45, 7) is 2.13. The van der Waals surface area contributed by atoms with E-state index in [0.29, 0.717) is 0 Å². The Labute approximate surface area is 172 Å². The van der Waals surface area contributed by atoms with Crippen molar-refractivity contribution in [2.75, 3.05) is 17.7 Å². The summed E-state index contributed by atoms with van der Waals surface area (Å²) in [5.74, 6) is 0.812. The molecule has 29 heavy (non-hydrogen) atoms. The summed E-state index contributed by atoms with van der Waals surface area (Å²) in [5, 5.41) is 0. The number of anilines is 4. The van der Waals surface area contributed by atoms with Crippen LogP contribution in [-0.4, -0.2) is 7.11 Å². The van der Waals surface area contributed by atoms with Gasteiger partial charge in [0.2, 0.25) is 0 Å². The molecular weight excluding hydrogens is 356 g/mol. The normalized spacial score (nSPS) is 10.6. The molecule has 0 radical (unpaired) electrons. The van der Waals surface area contributed by atoms with E-state index in [1.54, 1.807) is 7.11 Å². The zero-order valence-corrected chi connectivity index (χ0v) is 16.7. The lowest BCUT2D eigenvalue weighted by atomic mass is 10.0. The molecule has 0 atom stereocenters. The molecule has 4 rings (SSSR count). The van der Waals surface area contributed by atoms with E-state index in [0.717, 1.165) is 39.6 Å². The molecule has 0 heterocycles. The van der Waals surface area contributed by atoms with Crippen LogP contribution in [0.15, 0.2) is 97.1 Å². The molecule has 0 unspecified atom stereocenters. The van der Waals surface area contributed by atoms with Gasteiger partial charge in [0.1, 0.15) is 5.75 Å². The molecule has 0 bridgehead atoms. The van der Waals surface area contributed by atoms with Gasteiger partial charge < -0.3 is 15.4 Å². The van der Waals surface area contributed by atoms with E-state index >= 15 is 0 Å². The highest BCUT2D eigenvalue weighted by Gasteiger charge is 2.18. The van der Waals surface area contributed by atoms with Crippen LogP contribution < -0.4 is 15.4 Å². The van der Waals surface area contributed by atoms with Gasteiger partial charge in [-0.3, -0.25) is 0 Å². The summed E-state index contributed by atoms with van der Waals surface area (Å²) < 4.78 is 5.83. The molecule has 0 saturated heterocycles. The average Bonchev–Trinajstić information content (AvgIpc) is 2.77. The zero-order valence-electron chi connectivity index (χ0n) is 16.7. The van der Waals surface area contributed by atoms with Crippen LogP contribution in [-0.2, 0) is 0 Å². The van der Waals surface area contributed by atoms with Crippen molar-refractivity contribution >= 4 is 22.7 Å². The maximum absolute atomic E-state index is 5.84. The summed E-state index contributed by atoms with van der Waals surface area (Å²) >= 11 is 0. The lowest BCUT2D eigenvalue weighted by molar-refractivity contribution is 0.416. The molecule has 4 aromatic carbocycles. The van der Waals surface area contributed by atoms with Crippen molar-refractivity contribution in [3.63, 3.8) is 0 Å². The fourth-order valence-electron chi connectivity index (χ4n) is 3.52. The van der Waals surface area contributed by atoms with Crippen LogP contribution >= 0.6 is 0 Å². The molecule has 0 aliphatic rings. The topological polar surface area (TPSA) is 38.5 Å². The van der Waals surface area contributed by atoms with Gasteiger partial charge >= 0.3 is 0 Å². The minimum atomic E-state index is 0.757. The molecule has 0 amide bonds. The average molecular weight is 380 g/mol. The summed E-state index contributed by atoms with van der Waals surface area (Å²) in [6, 6.07) is 32.9. The molecule has 0 aliphatic carbocycles. The van der Waals surface area contributed by atoms with Gasteiger partial charge in [-0.15, -0.1) is 0 Å². The molecule has 144 valence electrons. The molecule has 0 aliphatic heterocycles. The third-order valence-corrected chi connectivity index (χ3v) is 5.04. The quantitative estimate of drug-likeness (QED) is 0.390. The second-order valence-corrected chi connectivity index (χ2v) is 6.97. The Balaban J connectivity index is 1.86.